The summed E-state index contributed by atoms with van der Waals surface area (Å²) in [5.74, 6) is 1.27. The molecule has 0 aliphatic carbocycles. The second kappa shape index (κ2) is 10.1. The Hall–Kier alpha value is -1.99. The smallest absolute Gasteiger partial charge is 0.292 e. The maximum Gasteiger partial charge on any atom is 0.292 e. The molecular formula is C20H19FIN5O2S2. The van der Waals surface area contributed by atoms with E-state index in [1.807, 2.05) is 10.2 Å². The molecule has 162 valence electrons. The van der Waals surface area contributed by atoms with Gasteiger partial charge in [-0.1, -0.05) is 0 Å². The molecule has 0 unspecified atom stereocenters. The van der Waals surface area contributed by atoms with Crippen LogP contribution in [0.3, 0.4) is 0 Å². The lowest BCUT2D eigenvalue weighted by Crippen LogP contribution is -2.30. The first-order valence-corrected chi connectivity index (χ1v) is 13.8. The summed E-state index contributed by atoms with van der Waals surface area (Å²) in [6.07, 6.45) is 6.84. The molecule has 4 aromatic rings. The molecule has 7 nitrogen and oxygen atoms in total. The van der Waals surface area contributed by atoms with E-state index in [1.165, 1.54) is 47.8 Å². The Bertz CT molecular complexity index is 1210. The third-order valence-corrected chi connectivity index (χ3v) is 7.46. The van der Waals surface area contributed by atoms with E-state index >= 15 is 0 Å². The van der Waals surface area contributed by atoms with Gasteiger partial charge in [0.15, 0.2) is 11.5 Å². The number of rotatable bonds is 4. The van der Waals surface area contributed by atoms with Crippen LogP contribution in [0.2, 0.25) is 0 Å². The standard InChI is InChI=1S/C18H15FIN5S2.C2H4O2/c19-11-8-13-14(10-25(27-20)16(13)21-9-11)15-22-17(24-5-2-1-3-6-24)12-4-7-26-18(12)23-15;1-4-2-3/h4,7-10H,1-3,5-6H2;2H,1H3. The lowest BCUT2D eigenvalue weighted by molar-refractivity contribution is -0.126. The molecule has 5 rings (SSSR count). The first-order valence-electron chi connectivity index (χ1n) is 9.59. The average molecular weight is 571 g/mol. The van der Waals surface area contributed by atoms with Crippen molar-refractivity contribution in [1.29, 1.82) is 0 Å². The third-order valence-electron chi connectivity index (χ3n) is 4.95. The fourth-order valence-corrected chi connectivity index (χ4v) is 5.61. The number of pyridine rings is 1. The molecule has 0 N–H and O–H groups in total. The fraction of sp³-hybridized carbons (Fsp3) is 0.300. The zero-order valence-corrected chi connectivity index (χ0v) is 20.4. The summed E-state index contributed by atoms with van der Waals surface area (Å²) in [6, 6.07) is 3.61. The van der Waals surface area contributed by atoms with Gasteiger partial charge in [0.1, 0.15) is 16.5 Å². The van der Waals surface area contributed by atoms with Gasteiger partial charge in [0, 0.05) is 60.6 Å². The highest BCUT2D eigenvalue weighted by Gasteiger charge is 2.21. The number of nitrogens with zero attached hydrogens (tertiary/aromatic N) is 5. The summed E-state index contributed by atoms with van der Waals surface area (Å²) < 4.78 is 19.7. The number of aromatic nitrogens is 4. The van der Waals surface area contributed by atoms with Crippen molar-refractivity contribution in [2.24, 2.45) is 0 Å². The number of ether oxygens (including phenoxy) is 1. The van der Waals surface area contributed by atoms with Gasteiger partial charge in [-0.3, -0.25) is 8.77 Å². The quantitative estimate of drug-likeness (QED) is 0.238. The third kappa shape index (κ3) is 4.62. The highest BCUT2D eigenvalue weighted by atomic mass is 127. The predicted octanol–water partition coefficient (Wildman–Crippen LogP) is 5.47. The summed E-state index contributed by atoms with van der Waals surface area (Å²) in [5, 5.41) is 3.89. The number of methoxy groups -OCH3 is 1. The van der Waals surface area contributed by atoms with Crippen molar-refractivity contribution in [3.05, 3.63) is 35.7 Å². The number of thiophene rings is 1. The van der Waals surface area contributed by atoms with Gasteiger partial charge in [-0.05, 0) is 36.8 Å². The topological polar surface area (TPSA) is 73.1 Å². The molecule has 0 amide bonds. The Morgan fingerprint density at radius 3 is 2.74 bits per heavy atom. The fourth-order valence-electron chi connectivity index (χ4n) is 3.59. The molecule has 1 fully saturated rings. The molecule has 0 saturated carbocycles. The average Bonchev–Trinajstić information content (AvgIpc) is 3.43. The van der Waals surface area contributed by atoms with E-state index in [2.05, 4.69) is 47.3 Å². The highest BCUT2D eigenvalue weighted by molar-refractivity contribution is 14.2. The Morgan fingerprint density at radius 2 is 2.03 bits per heavy atom. The molecule has 1 saturated heterocycles. The van der Waals surface area contributed by atoms with Crippen LogP contribution in [-0.4, -0.2) is 45.6 Å². The van der Waals surface area contributed by atoms with Crippen molar-refractivity contribution in [2.75, 3.05) is 25.1 Å². The second-order valence-electron chi connectivity index (χ2n) is 6.85. The molecule has 5 heterocycles. The monoisotopic (exact) mass is 571 g/mol. The first kappa shape index (κ1) is 22.2. The maximum absolute atomic E-state index is 13.9. The molecule has 0 aromatic carbocycles. The van der Waals surface area contributed by atoms with Gasteiger partial charge in [-0.15, -0.1) is 11.3 Å². The SMILES string of the molecule is COC=O.Fc1cnc2c(c1)c(-c1nc(N3CCCCC3)c3ccsc3n1)cn2SI. The molecule has 0 bridgehead atoms. The Morgan fingerprint density at radius 1 is 1.26 bits per heavy atom. The summed E-state index contributed by atoms with van der Waals surface area (Å²) >= 11 is 3.81. The van der Waals surface area contributed by atoms with Gasteiger partial charge >= 0.3 is 0 Å². The van der Waals surface area contributed by atoms with Crippen molar-refractivity contribution in [3.8, 4) is 11.4 Å². The zero-order valence-electron chi connectivity index (χ0n) is 16.6. The van der Waals surface area contributed by atoms with Crippen LogP contribution in [0.25, 0.3) is 32.6 Å². The van der Waals surface area contributed by atoms with Crippen LogP contribution < -0.4 is 4.90 Å². The number of halogens is 2. The van der Waals surface area contributed by atoms with Gasteiger partial charge in [0.05, 0.1) is 18.7 Å². The van der Waals surface area contributed by atoms with Crippen LogP contribution in [-0.2, 0) is 9.53 Å². The number of fused-ring (bicyclic) bond motifs is 2. The highest BCUT2D eigenvalue weighted by Crippen LogP contribution is 2.36. The largest absolute Gasteiger partial charge is 0.471 e. The summed E-state index contributed by atoms with van der Waals surface area (Å²) in [7, 11) is 2.81. The zero-order chi connectivity index (χ0) is 21.8. The van der Waals surface area contributed by atoms with E-state index in [4.69, 9.17) is 14.8 Å². The minimum Gasteiger partial charge on any atom is -0.471 e. The van der Waals surface area contributed by atoms with Crippen molar-refractivity contribution in [2.45, 2.75) is 19.3 Å². The normalized spacial score (nSPS) is 13.8. The number of hydrogen-bond donors (Lipinski definition) is 0. The molecule has 11 heteroatoms. The van der Waals surface area contributed by atoms with Crippen LogP contribution in [0.15, 0.2) is 29.9 Å². The predicted molar refractivity (Wildman–Crippen MR) is 132 cm³/mol. The van der Waals surface area contributed by atoms with Crippen LogP contribution in [0.4, 0.5) is 10.2 Å². The summed E-state index contributed by atoms with van der Waals surface area (Å²) in [4.78, 5) is 26.3. The Labute approximate surface area is 198 Å². The van der Waals surface area contributed by atoms with Crippen LogP contribution in [0.1, 0.15) is 19.3 Å². The molecule has 31 heavy (non-hydrogen) atoms. The van der Waals surface area contributed by atoms with Gasteiger partial charge < -0.3 is 9.64 Å². The number of anilines is 1. The van der Waals surface area contributed by atoms with Crippen LogP contribution in [0, 0.1) is 5.82 Å². The minimum atomic E-state index is -0.353. The molecule has 1 aliphatic heterocycles. The van der Waals surface area contributed by atoms with E-state index in [0.717, 1.165) is 45.7 Å². The van der Waals surface area contributed by atoms with E-state index in [1.54, 1.807) is 11.3 Å². The number of carbonyl (C=O) groups is 1. The minimum absolute atomic E-state index is 0.353. The van der Waals surface area contributed by atoms with Crippen molar-refractivity contribution in [1.82, 2.24) is 18.9 Å². The second-order valence-corrected chi connectivity index (χ2v) is 9.46. The van der Waals surface area contributed by atoms with E-state index < -0.39 is 0 Å². The van der Waals surface area contributed by atoms with E-state index in [0.29, 0.717) is 12.3 Å². The Balaban J connectivity index is 0.000000535. The van der Waals surface area contributed by atoms with E-state index in [9.17, 15) is 4.39 Å². The number of piperidine rings is 1. The lowest BCUT2D eigenvalue weighted by atomic mass is 10.1. The molecule has 4 aromatic heterocycles. The molecule has 0 atom stereocenters. The van der Waals surface area contributed by atoms with Crippen molar-refractivity contribution >= 4 is 75.2 Å². The van der Waals surface area contributed by atoms with Crippen molar-refractivity contribution < 1.29 is 13.9 Å². The summed E-state index contributed by atoms with van der Waals surface area (Å²) in [6.45, 7) is 2.41. The lowest BCUT2D eigenvalue weighted by Gasteiger charge is -2.28. The molecule has 0 spiro atoms. The van der Waals surface area contributed by atoms with Gasteiger partial charge in [0.2, 0.25) is 0 Å². The van der Waals surface area contributed by atoms with Crippen molar-refractivity contribution in [3.63, 3.8) is 0 Å². The number of hydrogen-bond acceptors (Lipinski definition) is 8. The summed E-state index contributed by atoms with van der Waals surface area (Å²) in [5.41, 5.74) is 1.54. The Kier molecular flexibility index (Phi) is 7.23. The van der Waals surface area contributed by atoms with E-state index in [-0.39, 0.29) is 5.82 Å². The maximum atomic E-state index is 13.9. The van der Waals surface area contributed by atoms with Gasteiger partial charge in [0.25, 0.3) is 6.47 Å². The van der Waals surface area contributed by atoms with Gasteiger partial charge in [-0.2, -0.15) is 0 Å². The van der Waals surface area contributed by atoms with Gasteiger partial charge in [-0.25, -0.2) is 19.3 Å². The molecule has 1 aliphatic rings. The first-order chi connectivity index (χ1) is 15.2. The molecular weight excluding hydrogens is 552 g/mol. The number of carbonyl (C=O) groups excluding carboxylic acids is 1. The molecule has 0 radical (unpaired) electrons. The van der Waals surface area contributed by atoms with Crippen LogP contribution >= 0.6 is 41.7 Å². The van der Waals surface area contributed by atoms with Crippen LogP contribution in [0.5, 0.6) is 0 Å².